The van der Waals surface area contributed by atoms with Gasteiger partial charge < -0.3 is 5.11 Å². The summed E-state index contributed by atoms with van der Waals surface area (Å²) in [5, 5.41) is 9.20. The third-order valence-electron chi connectivity index (χ3n) is 3.65. The van der Waals surface area contributed by atoms with E-state index < -0.39 is 15.8 Å². The van der Waals surface area contributed by atoms with Crippen LogP contribution >= 0.6 is 23.4 Å². The first-order valence-corrected chi connectivity index (χ1v) is 9.87. The third-order valence-corrected chi connectivity index (χ3v) is 6.91. The molecule has 0 aromatic heterocycles. The van der Waals surface area contributed by atoms with Crippen LogP contribution in [0.25, 0.3) is 0 Å². The average Bonchev–Trinajstić information content (AvgIpc) is 2.40. The molecule has 1 N–H and O–H groups in total. The van der Waals surface area contributed by atoms with Crippen molar-refractivity contribution in [3.8, 4) is 0 Å². The number of aromatic carboxylic acids is 1. The maximum absolute atomic E-state index is 11.7. The predicted octanol–water partition coefficient (Wildman–Crippen LogP) is 3.49. The molecule has 1 aliphatic carbocycles. The maximum atomic E-state index is 11.7. The van der Waals surface area contributed by atoms with Gasteiger partial charge in [0.15, 0.2) is 0 Å². The number of carbonyl (C=O) groups is 1. The number of hydrogen-bond acceptors (Lipinski definition) is 4. The lowest BCUT2D eigenvalue weighted by Crippen LogP contribution is -2.28. The number of halogens is 1. The van der Waals surface area contributed by atoms with E-state index in [0.717, 1.165) is 24.2 Å². The Kier molecular flexibility index (Phi) is 5.22. The molecule has 116 valence electrons. The Bertz CT molecular complexity index is 642. The van der Waals surface area contributed by atoms with Gasteiger partial charge in [-0.05, 0) is 37.5 Å². The highest BCUT2D eigenvalue weighted by molar-refractivity contribution is 8.00. The van der Waals surface area contributed by atoms with E-state index in [2.05, 4.69) is 0 Å². The largest absolute Gasteiger partial charge is 0.478 e. The fourth-order valence-corrected chi connectivity index (χ4v) is 5.36. The van der Waals surface area contributed by atoms with Crippen LogP contribution in [0.1, 0.15) is 36.0 Å². The van der Waals surface area contributed by atoms with Gasteiger partial charge in [0, 0.05) is 16.4 Å². The van der Waals surface area contributed by atoms with Crippen LogP contribution in [0.5, 0.6) is 0 Å². The Balaban J connectivity index is 2.11. The van der Waals surface area contributed by atoms with Crippen molar-refractivity contribution in [2.75, 3.05) is 6.26 Å². The van der Waals surface area contributed by atoms with Gasteiger partial charge in [-0.25, -0.2) is 13.2 Å². The van der Waals surface area contributed by atoms with Gasteiger partial charge in [-0.2, -0.15) is 0 Å². The van der Waals surface area contributed by atoms with E-state index in [1.54, 1.807) is 18.2 Å². The molecule has 2 unspecified atom stereocenters. The van der Waals surface area contributed by atoms with Gasteiger partial charge in [0.2, 0.25) is 0 Å². The van der Waals surface area contributed by atoms with E-state index in [4.69, 9.17) is 16.7 Å². The summed E-state index contributed by atoms with van der Waals surface area (Å²) in [6, 6.07) is 4.91. The molecule has 0 heterocycles. The highest BCUT2D eigenvalue weighted by Gasteiger charge is 2.29. The molecular formula is C14H17ClO4S2. The Hall–Kier alpha value is -0.720. The third kappa shape index (κ3) is 4.37. The van der Waals surface area contributed by atoms with Crippen molar-refractivity contribution in [3.05, 3.63) is 28.8 Å². The summed E-state index contributed by atoms with van der Waals surface area (Å²) in [6.07, 6.45) is 4.46. The SMILES string of the molecule is CS(=O)(=O)C1CCCC(Sc2ccc(Cl)c(C(=O)O)c2)C1. The van der Waals surface area contributed by atoms with E-state index in [0.29, 0.717) is 6.42 Å². The highest BCUT2D eigenvalue weighted by atomic mass is 35.5. The lowest BCUT2D eigenvalue weighted by molar-refractivity contribution is 0.0697. The van der Waals surface area contributed by atoms with Crippen molar-refractivity contribution >= 4 is 39.2 Å². The highest BCUT2D eigenvalue weighted by Crippen LogP contribution is 2.36. The number of carboxylic acids is 1. The van der Waals surface area contributed by atoms with Crippen molar-refractivity contribution in [2.24, 2.45) is 0 Å². The topological polar surface area (TPSA) is 71.4 Å². The fourth-order valence-electron chi connectivity index (χ4n) is 2.53. The molecule has 4 nitrogen and oxygen atoms in total. The van der Waals surface area contributed by atoms with Crippen molar-refractivity contribution in [1.82, 2.24) is 0 Å². The molecule has 0 bridgehead atoms. The van der Waals surface area contributed by atoms with Gasteiger partial charge in [0.1, 0.15) is 9.84 Å². The van der Waals surface area contributed by atoms with Gasteiger partial charge in [0.05, 0.1) is 15.8 Å². The zero-order chi connectivity index (χ0) is 15.6. The van der Waals surface area contributed by atoms with E-state index in [1.807, 2.05) is 0 Å². The zero-order valence-electron chi connectivity index (χ0n) is 11.6. The van der Waals surface area contributed by atoms with E-state index in [-0.39, 0.29) is 21.1 Å². The number of sulfone groups is 1. The van der Waals surface area contributed by atoms with Crippen LogP contribution in [-0.4, -0.2) is 36.2 Å². The van der Waals surface area contributed by atoms with Crippen molar-refractivity contribution in [3.63, 3.8) is 0 Å². The van der Waals surface area contributed by atoms with E-state index >= 15 is 0 Å². The first-order chi connectivity index (χ1) is 9.77. The molecule has 7 heteroatoms. The van der Waals surface area contributed by atoms with Crippen LogP contribution in [0.2, 0.25) is 5.02 Å². The average molecular weight is 349 g/mol. The summed E-state index contributed by atoms with van der Waals surface area (Å²) in [5.41, 5.74) is 0.0807. The number of benzene rings is 1. The molecule has 21 heavy (non-hydrogen) atoms. The Morgan fingerprint density at radius 1 is 1.38 bits per heavy atom. The summed E-state index contributed by atoms with van der Waals surface area (Å²) in [5.74, 6) is -1.06. The molecule has 0 amide bonds. The van der Waals surface area contributed by atoms with Gasteiger partial charge in [0.25, 0.3) is 0 Å². The molecule has 0 aliphatic heterocycles. The summed E-state index contributed by atoms with van der Waals surface area (Å²) < 4.78 is 23.3. The van der Waals surface area contributed by atoms with Crippen LogP contribution in [0.3, 0.4) is 0 Å². The molecule has 0 radical (unpaired) electrons. The molecule has 1 aliphatic rings. The second-order valence-corrected chi connectivity index (χ2v) is 9.41. The second kappa shape index (κ2) is 6.58. The molecule has 2 atom stereocenters. The van der Waals surface area contributed by atoms with Crippen LogP contribution in [0, 0.1) is 0 Å². The second-order valence-electron chi connectivity index (χ2n) is 5.30. The molecule has 1 saturated carbocycles. The molecule has 2 rings (SSSR count). The van der Waals surface area contributed by atoms with Gasteiger partial charge in [-0.1, -0.05) is 18.0 Å². The molecular weight excluding hydrogens is 332 g/mol. The van der Waals surface area contributed by atoms with Crippen molar-refractivity contribution < 1.29 is 18.3 Å². The van der Waals surface area contributed by atoms with Crippen molar-refractivity contribution in [1.29, 1.82) is 0 Å². The Morgan fingerprint density at radius 2 is 2.10 bits per heavy atom. The van der Waals surface area contributed by atoms with E-state index in [1.165, 1.54) is 18.0 Å². The number of carboxylic acid groups (broad SMARTS) is 1. The number of thioether (sulfide) groups is 1. The van der Waals surface area contributed by atoms with Gasteiger partial charge in [-0.3, -0.25) is 0 Å². The van der Waals surface area contributed by atoms with Gasteiger partial charge in [-0.15, -0.1) is 11.8 Å². The van der Waals surface area contributed by atoms with Crippen LogP contribution in [-0.2, 0) is 9.84 Å². The fraction of sp³-hybridized carbons (Fsp3) is 0.500. The Morgan fingerprint density at radius 3 is 2.71 bits per heavy atom. The van der Waals surface area contributed by atoms with Crippen LogP contribution < -0.4 is 0 Å². The first kappa shape index (κ1) is 16.6. The minimum absolute atomic E-state index is 0.0807. The molecule has 0 saturated heterocycles. The molecule has 1 fully saturated rings. The normalized spacial score (nSPS) is 23.0. The predicted molar refractivity (Wildman–Crippen MR) is 85.2 cm³/mol. The molecule has 0 spiro atoms. The number of rotatable bonds is 4. The van der Waals surface area contributed by atoms with Crippen molar-refractivity contribution in [2.45, 2.75) is 41.1 Å². The van der Waals surface area contributed by atoms with Gasteiger partial charge >= 0.3 is 5.97 Å². The lowest BCUT2D eigenvalue weighted by Gasteiger charge is -2.27. The van der Waals surface area contributed by atoms with Crippen LogP contribution in [0.4, 0.5) is 0 Å². The monoisotopic (exact) mass is 348 g/mol. The molecule has 1 aromatic carbocycles. The standard InChI is InChI=1S/C14H17ClO4S2/c1-21(18,19)11-4-2-3-9(7-11)20-10-5-6-13(15)12(8-10)14(16)17/h5-6,8-9,11H,2-4,7H2,1H3,(H,16,17). The van der Waals surface area contributed by atoms with Crippen LogP contribution in [0.15, 0.2) is 23.1 Å². The summed E-state index contributed by atoms with van der Waals surface area (Å²) in [6.45, 7) is 0. The quantitative estimate of drug-likeness (QED) is 0.901. The summed E-state index contributed by atoms with van der Waals surface area (Å²) >= 11 is 7.39. The summed E-state index contributed by atoms with van der Waals surface area (Å²) in [4.78, 5) is 11.9. The minimum atomic E-state index is -3.01. The molecule has 1 aromatic rings. The maximum Gasteiger partial charge on any atom is 0.337 e. The number of hydrogen-bond donors (Lipinski definition) is 1. The first-order valence-electron chi connectivity index (χ1n) is 6.65. The smallest absolute Gasteiger partial charge is 0.337 e. The van der Waals surface area contributed by atoms with E-state index in [9.17, 15) is 13.2 Å². The summed E-state index contributed by atoms with van der Waals surface area (Å²) in [7, 11) is -3.01. The zero-order valence-corrected chi connectivity index (χ0v) is 14.0. The Labute approximate surface area is 133 Å². The minimum Gasteiger partial charge on any atom is -0.478 e. The lowest BCUT2D eigenvalue weighted by atomic mass is 10.00.